The summed E-state index contributed by atoms with van der Waals surface area (Å²) in [5.74, 6) is 1.04. The summed E-state index contributed by atoms with van der Waals surface area (Å²) < 4.78 is 15.6. The first-order valence-corrected chi connectivity index (χ1v) is 13.3. The third-order valence-electron chi connectivity index (χ3n) is 7.12. The molecule has 1 amide bonds. The van der Waals surface area contributed by atoms with Crippen LogP contribution in [0.25, 0.3) is 0 Å². The highest BCUT2D eigenvalue weighted by Gasteiger charge is 2.34. The highest BCUT2D eigenvalue weighted by atomic mass is 79.9. The van der Waals surface area contributed by atoms with Gasteiger partial charge in [-0.25, -0.2) is 4.79 Å². The summed E-state index contributed by atoms with van der Waals surface area (Å²) in [4.78, 5) is 25.4. The minimum atomic E-state index is -0.318. The monoisotopic (exact) mass is 546 g/mol. The number of hydrogen-bond acceptors (Lipinski definition) is 5. The SMILES string of the molecule is CCCCOC(=O)NC1CCC(C[C@H]2COc3c(Br)cc(Cn4ccn(C)c4=N)cc3C2=O)CC1. The highest BCUT2D eigenvalue weighted by molar-refractivity contribution is 9.10. The number of nitrogens with one attached hydrogen (secondary N) is 2. The number of hydrogen-bond donors (Lipinski definition) is 2. The van der Waals surface area contributed by atoms with Gasteiger partial charge in [0.05, 0.1) is 35.7 Å². The van der Waals surface area contributed by atoms with Crippen LogP contribution in [-0.4, -0.2) is 40.3 Å². The molecule has 1 saturated carbocycles. The number of amides is 1. The molecule has 2 aromatic rings. The van der Waals surface area contributed by atoms with Gasteiger partial charge in [0, 0.05) is 25.5 Å². The van der Waals surface area contributed by atoms with Crippen LogP contribution in [0.15, 0.2) is 29.0 Å². The Kier molecular flexibility index (Phi) is 8.36. The van der Waals surface area contributed by atoms with E-state index in [1.165, 1.54) is 0 Å². The zero-order valence-corrected chi connectivity index (χ0v) is 22.1. The van der Waals surface area contributed by atoms with Crippen molar-refractivity contribution in [1.29, 1.82) is 5.41 Å². The number of carbonyl (C=O) groups excluding carboxylic acids is 2. The number of alkyl carbamates (subject to hydrolysis) is 1. The fourth-order valence-corrected chi connectivity index (χ4v) is 5.66. The molecular formula is C26H35BrN4O4. The Morgan fingerprint density at radius 2 is 2.03 bits per heavy atom. The molecule has 0 unspecified atom stereocenters. The van der Waals surface area contributed by atoms with E-state index in [-0.39, 0.29) is 23.8 Å². The maximum atomic E-state index is 13.4. The van der Waals surface area contributed by atoms with Gasteiger partial charge >= 0.3 is 6.09 Å². The quantitative estimate of drug-likeness (QED) is 0.465. The van der Waals surface area contributed by atoms with Crippen LogP contribution in [0.1, 0.15) is 67.8 Å². The van der Waals surface area contributed by atoms with Gasteiger partial charge in [-0.15, -0.1) is 0 Å². The van der Waals surface area contributed by atoms with E-state index in [1.807, 2.05) is 36.1 Å². The maximum absolute atomic E-state index is 13.4. The van der Waals surface area contributed by atoms with Gasteiger partial charge in [0.25, 0.3) is 0 Å². The predicted octanol–water partition coefficient (Wildman–Crippen LogP) is 4.78. The summed E-state index contributed by atoms with van der Waals surface area (Å²) in [5, 5.41) is 11.1. The first-order chi connectivity index (χ1) is 16.9. The van der Waals surface area contributed by atoms with E-state index in [4.69, 9.17) is 14.9 Å². The average molecular weight is 547 g/mol. The third kappa shape index (κ3) is 6.18. The van der Waals surface area contributed by atoms with Gasteiger partial charge in [-0.1, -0.05) is 13.3 Å². The Bertz CT molecular complexity index is 1120. The Morgan fingerprint density at radius 3 is 2.71 bits per heavy atom. The van der Waals surface area contributed by atoms with Gasteiger partial charge in [0.15, 0.2) is 5.78 Å². The Labute approximate surface area is 214 Å². The average Bonchev–Trinajstić information content (AvgIpc) is 3.15. The highest BCUT2D eigenvalue weighted by Crippen LogP contribution is 2.39. The van der Waals surface area contributed by atoms with Crippen LogP contribution in [0, 0.1) is 17.2 Å². The van der Waals surface area contributed by atoms with E-state index in [9.17, 15) is 9.59 Å². The Hall–Kier alpha value is -2.55. The van der Waals surface area contributed by atoms with Crippen LogP contribution in [0.3, 0.4) is 0 Å². The van der Waals surface area contributed by atoms with E-state index < -0.39 is 0 Å². The summed E-state index contributed by atoms with van der Waals surface area (Å²) >= 11 is 3.58. The molecule has 1 fully saturated rings. The minimum Gasteiger partial charge on any atom is -0.491 e. The molecule has 1 aliphatic heterocycles. The molecule has 1 aromatic carbocycles. The van der Waals surface area contributed by atoms with E-state index >= 15 is 0 Å². The molecule has 0 spiro atoms. The first-order valence-electron chi connectivity index (χ1n) is 12.5. The first kappa shape index (κ1) is 25.5. The number of carbonyl (C=O) groups is 2. The number of ketones is 1. The number of imidazole rings is 1. The molecule has 190 valence electrons. The van der Waals surface area contributed by atoms with Crippen molar-refractivity contribution in [2.24, 2.45) is 18.9 Å². The number of aromatic nitrogens is 2. The van der Waals surface area contributed by atoms with Crippen molar-refractivity contribution in [3.05, 3.63) is 45.7 Å². The molecule has 35 heavy (non-hydrogen) atoms. The zero-order valence-electron chi connectivity index (χ0n) is 20.5. The zero-order chi connectivity index (χ0) is 24.9. The number of halogens is 1. The summed E-state index contributed by atoms with van der Waals surface area (Å²) in [6, 6.07) is 4.03. The van der Waals surface area contributed by atoms with E-state index in [0.717, 1.165) is 55.0 Å². The molecule has 9 heteroatoms. The van der Waals surface area contributed by atoms with E-state index in [2.05, 4.69) is 28.2 Å². The van der Waals surface area contributed by atoms with Crippen molar-refractivity contribution in [2.45, 2.75) is 64.5 Å². The molecule has 1 aliphatic carbocycles. The molecule has 2 N–H and O–H groups in total. The van der Waals surface area contributed by atoms with E-state index in [0.29, 0.717) is 42.6 Å². The number of aryl methyl sites for hydroxylation is 1. The fraction of sp³-hybridized carbons (Fsp3) is 0.577. The lowest BCUT2D eigenvalue weighted by molar-refractivity contribution is 0.0782. The maximum Gasteiger partial charge on any atom is 0.407 e. The van der Waals surface area contributed by atoms with Crippen LogP contribution < -0.4 is 15.7 Å². The van der Waals surface area contributed by atoms with Crippen molar-refractivity contribution in [1.82, 2.24) is 14.5 Å². The molecule has 8 nitrogen and oxygen atoms in total. The summed E-state index contributed by atoms with van der Waals surface area (Å²) in [6.45, 7) is 3.45. The number of nitrogens with zero attached hydrogens (tertiary/aromatic N) is 2. The van der Waals surface area contributed by atoms with Crippen molar-refractivity contribution in [3.8, 4) is 5.75 Å². The standard InChI is InChI=1S/C26H35BrN4O4/c1-3-4-11-34-26(33)29-20-7-5-17(6-8-20)12-19-16-35-24-21(23(19)32)13-18(14-22(24)27)15-31-10-9-30(2)25(31)28/h9-10,13-14,17,19-20,28H,3-8,11-12,15-16H2,1-2H3,(H,29,33)/t17?,19-,20?/m0/s1. The van der Waals surface area contributed by atoms with Crippen LogP contribution >= 0.6 is 15.9 Å². The summed E-state index contributed by atoms with van der Waals surface area (Å²) in [5.41, 5.74) is 1.98. The number of benzene rings is 1. The molecule has 1 atom stereocenters. The van der Waals surface area contributed by atoms with Crippen LogP contribution in [0.5, 0.6) is 5.75 Å². The van der Waals surface area contributed by atoms with Crippen LogP contribution in [0.2, 0.25) is 0 Å². The number of ether oxygens (including phenoxy) is 2. The van der Waals surface area contributed by atoms with Crippen molar-refractivity contribution >= 4 is 27.8 Å². The lowest BCUT2D eigenvalue weighted by atomic mass is 9.78. The fourth-order valence-electron chi connectivity index (χ4n) is 5.04. The minimum absolute atomic E-state index is 0.137. The molecule has 0 saturated heterocycles. The van der Waals surface area contributed by atoms with Crippen LogP contribution in [-0.2, 0) is 18.3 Å². The van der Waals surface area contributed by atoms with Crippen molar-refractivity contribution in [2.75, 3.05) is 13.2 Å². The van der Waals surface area contributed by atoms with Crippen LogP contribution in [0.4, 0.5) is 4.79 Å². The lowest BCUT2D eigenvalue weighted by Gasteiger charge is -2.32. The van der Waals surface area contributed by atoms with Crippen molar-refractivity contribution in [3.63, 3.8) is 0 Å². The Morgan fingerprint density at radius 1 is 1.26 bits per heavy atom. The number of unbranched alkanes of at least 4 members (excludes halogenated alkanes) is 1. The number of fused-ring (bicyclic) bond motifs is 1. The molecule has 0 radical (unpaired) electrons. The topological polar surface area (TPSA) is 98.3 Å². The predicted molar refractivity (Wildman–Crippen MR) is 136 cm³/mol. The van der Waals surface area contributed by atoms with E-state index in [1.54, 1.807) is 4.57 Å². The molecular weight excluding hydrogens is 512 g/mol. The normalized spacial score (nSPS) is 21.8. The smallest absolute Gasteiger partial charge is 0.407 e. The second kappa shape index (κ2) is 11.5. The lowest BCUT2D eigenvalue weighted by Crippen LogP contribution is -2.39. The second-order valence-corrected chi connectivity index (χ2v) is 10.6. The summed E-state index contributed by atoms with van der Waals surface area (Å²) in [7, 11) is 1.84. The van der Waals surface area contributed by atoms with Gasteiger partial charge < -0.3 is 23.9 Å². The molecule has 0 bridgehead atoms. The Balaban J connectivity index is 1.34. The summed E-state index contributed by atoms with van der Waals surface area (Å²) in [6.07, 6.45) is 9.87. The number of rotatable bonds is 8. The third-order valence-corrected chi connectivity index (χ3v) is 7.70. The number of Topliss-reactive ketones (excluding diaryl/α,β-unsaturated/α-hetero) is 1. The van der Waals surface area contributed by atoms with Gasteiger partial charge in [-0.2, -0.15) is 0 Å². The van der Waals surface area contributed by atoms with Crippen molar-refractivity contribution < 1.29 is 19.1 Å². The van der Waals surface area contributed by atoms with Gasteiger partial charge in [0.2, 0.25) is 5.62 Å². The molecule has 2 heterocycles. The molecule has 2 aliphatic rings. The van der Waals surface area contributed by atoms with Gasteiger partial charge in [0.1, 0.15) is 5.75 Å². The van der Waals surface area contributed by atoms with Gasteiger partial charge in [-0.3, -0.25) is 10.2 Å². The second-order valence-electron chi connectivity index (χ2n) is 9.77. The largest absolute Gasteiger partial charge is 0.491 e. The molecule has 1 aromatic heterocycles. The van der Waals surface area contributed by atoms with Gasteiger partial charge in [-0.05, 0) is 78.1 Å². The molecule has 4 rings (SSSR count).